The Hall–Kier alpha value is 0.314. The van der Waals surface area contributed by atoms with E-state index >= 15 is 0 Å². The summed E-state index contributed by atoms with van der Waals surface area (Å²) in [5.74, 6) is 0. The Kier molecular flexibility index (Phi) is 48.6. The van der Waals surface area contributed by atoms with Crippen molar-refractivity contribution >= 4 is 0 Å². The molecule has 0 saturated heterocycles. The first-order valence-corrected chi connectivity index (χ1v) is 1.64. The fraction of sp³-hybridized carbons (Fsp3) is 0. The van der Waals surface area contributed by atoms with Gasteiger partial charge < -0.3 is 46.0 Å². The molecule has 0 unspecified atom stereocenters. The molecule has 0 aliphatic heterocycles. The third-order valence-electron chi connectivity index (χ3n) is 0. The maximum atomic E-state index is 8.25. The number of hydrogen-bond acceptors (Lipinski definition) is 9. The number of hydrogen-bond donors (Lipinski definition) is 0. The molecule has 0 rings (SSSR count). The Morgan fingerprint density at radius 2 is 0.571 bits per heavy atom. The first kappa shape index (κ1) is 29.2. The van der Waals surface area contributed by atoms with E-state index in [1.54, 1.807) is 0 Å². The second-order valence-corrected chi connectivity index (χ2v) is 0.671. The van der Waals surface area contributed by atoms with E-state index in [4.69, 9.17) is 46.0 Å². The molecule has 0 aromatic rings. The van der Waals surface area contributed by atoms with Crippen LogP contribution in [-0.4, -0.2) is 15.3 Å². The van der Waals surface area contributed by atoms with E-state index in [9.17, 15) is 0 Å². The molecular formula is CsN3O9Pd. The quantitative estimate of drug-likeness (QED) is 0.213. The minimum Gasteiger partial charge on any atom is -0.356 e. The van der Waals surface area contributed by atoms with E-state index in [1.165, 1.54) is 0 Å². The smallest absolute Gasteiger partial charge is 0.356 e. The van der Waals surface area contributed by atoms with Crippen molar-refractivity contribution < 1.29 is 105 Å². The van der Waals surface area contributed by atoms with Crippen LogP contribution in [0.15, 0.2) is 0 Å². The minimum atomic E-state index is -1.75. The monoisotopic (exact) mass is 425 g/mol. The topological polar surface area (TPSA) is 199 Å². The van der Waals surface area contributed by atoms with Crippen molar-refractivity contribution in [2.45, 2.75) is 0 Å². The molecule has 0 heterocycles. The largest absolute Gasteiger partial charge is 2.00 e. The van der Waals surface area contributed by atoms with Gasteiger partial charge in [-0.25, -0.2) is 0 Å². The van der Waals surface area contributed by atoms with E-state index in [2.05, 4.69) is 0 Å². The average Bonchev–Trinajstić information content (AvgIpc) is 1.54. The zero-order valence-electron chi connectivity index (χ0n) is 6.33. The molecule has 0 bridgehead atoms. The second-order valence-electron chi connectivity index (χ2n) is 0.671. The van der Waals surface area contributed by atoms with Gasteiger partial charge in [-0.05, 0) is 0 Å². The summed E-state index contributed by atoms with van der Waals surface area (Å²) in [5.41, 5.74) is 0. The van der Waals surface area contributed by atoms with Crippen LogP contribution in [0.2, 0.25) is 0 Å². The summed E-state index contributed by atoms with van der Waals surface area (Å²) in [6, 6.07) is 0. The molecule has 0 N–H and O–H groups in total. The Bertz CT molecular complexity index is 118. The third kappa shape index (κ3) is 16000. The van der Waals surface area contributed by atoms with Crippen LogP contribution < -0.4 is 68.9 Å². The van der Waals surface area contributed by atoms with E-state index in [0.717, 1.165) is 0 Å². The van der Waals surface area contributed by atoms with Crippen molar-refractivity contribution in [3.05, 3.63) is 46.0 Å². The van der Waals surface area contributed by atoms with Crippen molar-refractivity contribution in [1.82, 2.24) is 0 Å². The Balaban J connectivity index is -0.0000000270. The normalized spacial score (nSPS) is 5.14. The zero-order chi connectivity index (χ0) is 10.7. The van der Waals surface area contributed by atoms with Gasteiger partial charge in [0.25, 0.3) is 0 Å². The van der Waals surface area contributed by atoms with Crippen molar-refractivity contribution in [2.24, 2.45) is 0 Å². The van der Waals surface area contributed by atoms with Crippen molar-refractivity contribution in [3.8, 4) is 0 Å². The maximum Gasteiger partial charge on any atom is 2.00 e. The van der Waals surface area contributed by atoms with Gasteiger partial charge in [-0.15, -0.1) is 0 Å². The Morgan fingerprint density at radius 3 is 0.571 bits per heavy atom. The molecule has 0 spiro atoms. The molecule has 0 aliphatic carbocycles. The van der Waals surface area contributed by atoms with Crippen LogP contribution in [0.5, 0.6) is 0 Å². The van der Waals surface area contributed by atoms with Crippen LogP contribution in [0.3, 0.4) is 0 Å². The van der Waals surface area contributed by atoms with E-state index < -0.39 is 15.3 Å². The maximum absolute atomic E-state index is 8.25. The minimum absolute atomic E-state index is 0. The molecule has 12 nitrogen and oxygen atoms in total. The molecule has 0 fully saturated rings. The van der Waals surface area contributed by atoms with Crippen LogP contribution in [0.4, 0.5) is 0 Å². The van der Waals surface area contributed by atoms with Gasteiger partial charge in [-0.3, -0.25) is 0 Å². The van der Waals surface area contributed by atoms with E-state index in [0.29, 0.717) is 0 Å². The van der Waals surface area contributed by atoms with Crippen LogP contribution in [0.25, 0.3) is 0 Å². The predicted molar refractivity (Wildman–Crippen MR) is 31.1 cm³/mol. The summed E-state index contributed by atoms with van der Waals surface area (Å²) in [6.45, 7) is 0. The molecule has 0 amide bonds. The first-order valence-electron chi connectivity index (χ1n) is 1.64. The zero-order valence-corrected chi connectivity index (χ0v) is 14.2. The van der Waals surface area contributed by atoms with Gasteiger partial charge in [0.15, 0.2) is 0 Å². The first-order chi connectivity index (χ1) is 5.20. The standard InChI is InChI=1S/Cs.3NO3.Pd/c;3*2-1(3)4;/q+1;3*-1;+2. The number of rotatable bonds is 0. The summed E-state index contributed by atoms with van der Waals surface area (Å²) in [6.07, 6.45) is 0. The molecule has 0 aliphatic rings. The van der Waals surface area contributed by atoms with Gasteiger partial charge >= 0.3 is 89.3 Å². The predicted octanol–water partition coefficient (Wildman–Crippen LogP) is -3.72. The molecule has 0 saturated carbocycles. The van der Waals surface area contributed by atoms with Gasteiger partial charge in [0, 0.05) is 0 Å². The molecule has 0 atom stereocenters. The van der Waals surface area contributed by atoms with Crippen LogP contribution >= 0.6 is 0 Å². The van der Waals surface area contributed by atoms with Crippen LogP contribution in [0, 0.1) is 46.0 Å². The van der Waals surface area contributed by atoms with E-state index in [-0.39, 0.29) is 89.3 Å². The van der Waals surface area contributed by atoms with Gasteiger partial charge in [-0.2, -0.15) is 0 Å². The fourth-order valence-corrected chi connectivity index (χ4v) is 0. The Labute approximate surface area is 148 Å². The van der Waals surface area contributed by atoms with Crippen molar-refractivity contribution in [1.29, 1.82) is 0 Å². The SMILES string of the molecule is O=[N+]([O-])[O-].O=[N+]([O-])[O-].O=[N+]([O-])[O-].[Cs+].[Pd+2]. The van der Waals surface area contributed by atoms with Crippen molar-refractivity contribution in [2.75, 3.05) is 0 Å². The summed E-state index contributed by atoms with van der Waals surface area (Å²) in [5, 5.41) is 44.2. The molecule has 0 aromatic carbocycles. The van der Waals surface area contributed by atoms with Gasteiger partial charge in [-0.1, -0.05) is 0 Å². The molecular weight excluding hydrogens is 425 g/mol. The van der Waals surface area contributed by atoms with Gasteiger partial charge in [0.2, 0.25) is 0 Å². The molecule has 0 radical (unpaired) electrons. The average molecular weight is 425 g/mol. The van der Waals surface area contributed by atoms with Crippen molar-refractivity contribution in [3.63, 3.8) is 0 Å². The fourth-order valence-electron chi connectivity index (χ4n) is 0. The van der Waals surface area contributed by atoms with Crippen LogP contribution in [-0.2, 0) is 20.4 Å². The van der Waals surface area contributed by atoms with Gasteiger partial charge in [0.05, 0.1) is 15.3 Å². The molecule has 80 valence electrons. The second kappa shape index (κ2) is 23.3. The summed E-state index contributed by atoms with van der Waals surface area (Å²) < 4.78 is 0. The summed E-state index contributed by atoms with van der Waals surface area (Å²) in [7, 11) is 0. The molecule has 14 heavy (non-hydrogen) atoms. The Morgan fingerprint density at radius 1 is 0.571 bits per heavy atom. The summed E-state index contributed by atoms with van der Waals surface area (Å²) in [4.78, 5) is 24.8. The van der Waals surface area contributed by atoms with Crippen LogP contribution in [0.1, 0.15) is 0 Å². The number of nitrogens with zero attached hydrogens (tertiary/aromatic N) is 3. The third-order valence-corrected chi connectivity index (χ3v) is 0. The summed E-state index contributed by atoms with van der Waals surface area (Å²) >= 11 is 0. The van der Waals surface area contributed by atoms with Gasteiger partial charge in [0.1, 0.15) is 0 Å². The van der Waals surface area contributed by atoms with E-state index in [1.807, 2.05) is 0 Å². The molecule has 14 heteroatoms. The molecule has 0 aromatic heterocycles.